The van der Waals surface area contributed by atoms with Gasteiger partial charge in [0.15, 0.2) is 0 Å². The van der Waals surface area contributed by atoms with Crippen LogP contribution in [-0.2, 0) is 13.1 Å². The Labute approximate surface area is 138 Å². The van der Waals surface area contributed by atoms with Crippen LogP contribution in [0.2, 0.25) is 5.02 Å². The van der Waals surface area contributed by atoms with E-state index in [1.165, 1.54) is 12.1 Å². The largest absolute Gasteiger partial charge is 0.377 e. The third kappa shape index (κ3) is 3.18. The van der Waals surface area contributed by atoms with Crippen molar-refractivity contribution in [1.82, 2.24) is 9.78 Å². The zero-order chi connectivity index (χ0) is 14.9. The third-order valence-corrected chi connectivity index (χ3v) is 4.85. The van der Waals surface area contributed by atoms with Crippen molar-refractivity contribution in [2.24, 2.45) is 0 Å². The van der Waals surface area contributed by atoms with Gasteiger partial charge in [0, 0.05) is 11.0 Å². The van der Waals surface area contributed by atoms with Gasteiger partial charge in [-0.1, -0.05) is 11.6 Å². The van der Waals surface area contributed by atoms with Crippen LogP contribution < -0.4 is 5.32 Å². The summed E-state index contributed by atoms with van der Waals surface area (Å²) < 4.78 is 16.7. The number of aryl methyl sites for hydroxylation is 2. The van der Waals surface area contributed by atoms with Crippen LogP contribution in [0.3, 0.4) is 0 Å². The van der Waals surface area contributed by atoms with E-state index in [4.69, 9.17) is 11.6 Å². The molecule has 0 unspecified atom stereocenters. The highest BCUT2D eigenvalue weighted by atomic mass is 79.9. The minimum atomic E-state index is -0.372. The van der Waals surface area contributed by atoms with Crippen LogP contribution >= 0.6 is 43.5 Å². The molecule has 0 aliphatic rings. The third-order valence-electron chi connectivity index (χ3n) is 2.89. The van der Waals surface area contributed by atoms with Crippen LogP contribution in [0.25, 0.3) is 0 Å². The fourth-order valence-corrected chi connectivity index (χ4v) is 3.30. The predicted molar refractivity (Wildman–Crippen MR) is 86.8 cm³/mol. The predicted octanol–water partition coefficient (Wildman–Crippen LogP) is 5.14. The van der Waals surface area contributed by atoms with Crippen LogP contribution in [0, 0.1) is 12.7 Å². The Morgan fingerprint density at radius 2 is 2.10 bits per heavy atom. The van der Waals surface area contributed by atoms with Gasteiger partial charge in [-0.05, 0) is 57.8 Å². The van der Waals surface area contributed by atoms with Crippen LogP contribution in [0.15, 0.2) is 21.1 Å². The number of nitrogens with one attached hydrogen (secondary N) is 1. The summed E-state index contributed by atoms with van der Waals surface area (Å²) in [4.78, 5) is 0. The average Bonchev–Trinajstić information content (AvgIpc) is 2.64. The molecule has 0 aliphatic carbocycles. The maximum absolute atomic E-state index is 13.2. The summed E-state index contributed by atoms with van der Waals surface area (Å²) in [6, 6.07) is 2.66. The van der Waals surface area contributed by atoms with E-state index in [1.54, 1.807) is 0 Å². The number of nitrogens with zero attached hydrogens (tertiary/aromatic N) is 2. The number of hydrogen-bond acceptors (Lipinski definition) is 2. The number of aromatic nitrogens is 2. The van der Waals surface area contributed by atoms with Gasteiger partial charge in [-0.3, -0.25) is 4.68 Å². The molecule has 3 nitrogen and oxygen atoms in total. The molecule has 1 N–H and O–H groups in total. The summed E-state index contributed by atoms with van der Waals surface area (Å²) in [6.45, 7) is 5.30. The molecule has 2 aromatic rings. The van der Waals surface area contributed by atoms with Gasteiger partial charge < -0.3 is 5.32 Å². The molecular weight excluding hydrogens is 412 g/mol. The first-order chi connectivity index (χ1) is 9.43. The van der Waals surface area contributed by atoms with Crippen LogP contribution in [0.5, 0.6) is 0 Å². The monoisotopic (exact) mass is 423 g/mol. The fraction of sp³-hybridized carbons (Fsp3) is 0.308. The fourth-order valence-electron chi connectivity index (χ4n) is 1.92. The van der Waals surface area contributed by atoms with Crippen molar-refractivity contribution in [1.29, 1.82) is 0 Å². The van der Waals surface area contributed by atoms with Crippen molar-refractivity contribution in [3.8, 4) is 0 Å². The first kappa shape index (κ1) is 15.8. The van der Waals surface area contributed by atoms with E-state index in [1.807, 2.05) is 18.5 Å². The van der Waals surface area contributed by atoms with E-state index < -0.39 is 0 Å². The summed E-state index contributed by atoms with van der Waals surface area (Å²) >= 11 is 12.9. The Hall–Kier alpha value is -0.590. The Morgan fingerprint density at radius 3 is 2.70 bits per heavy atom. The van der Waals surface area contributed by atoms with E-state index in [-0.39, 0.29) is 5.82 Å². The van der Waals surface area contributed by atoms with Crippen LogP contribution in [0.4, 0.5) is 10.1 Å². The molecule has 7 heteroatoms. The summed E-state index contributed by atoms with van der Waals surface area (Å²) in [5.74, 6) is -0.372. The first-order valence-electron chi connectivity index (χ1n) is 6.04. The topological polar surface area (TPSA) is 29.9 Å². The molecule has 108 valence electrons. The molecule has 1 heterocycles. The highest BCUT2D eigenvalue weighted by Crippen LogP contribution is 2.32. The van der Waals surface area contributed by atoms with Gasteiger partial charge in [0.1, 0.15) is 5.82 Å². The molecule has 0 aliphatic heterocycles. The van der Waals surface area contributed by atoms with Gasteiger partial charge in [0.2, 0.25) is 0 Å². The molecule has 0 saturated heterocycles. The van der Waals surface area contributed by atoms with Crippen LogP contribution in [0.1, 0.15) is 18.3 Å². The molecular formula is C13H13Br2ClFN3. The van der Waals surface area contributed by atoms with Crippen LogP contribution in [-0.4, -0.2) is 9.78 Å². The molecule has 0 fully saturated rings. The van der Waals surface area contributed by atoms with E-state index in [2.05, 4.69) is 42.3 Å². The molecule has 0 spiro atoms. The van der Waals surface area contributed by atoms with Crippen molar-refractivity contribution in [3.05, 3.63) is 43.3 Å². The molecule has 0 atom stereocenters. The lowest BCUT2D eigenvalue weighted by molar-refractivity contribution is 0.621. The Morgan fingerprint density at radius 1 is 1.40 bits per heavy atom. The summed E-state index contributed by atoms with van der Waals surface area (Å²) in [5.41, 5.74) is 2.63. The SMILES string of the molecule is CCn1nc(C)c(Br)c1CNc1c(Cl)cc(F)cc1Br. The Balaban J connectivity index is 2.26. The van der Waals surface area contributed by atoms with Gasteiger partial charge in [0.25, 0.3) is 0 Å². The standard InChI is InChI=1S/C13H13Br2ClFN3/c1-3-20-11(12(15)7(2)19-20)6-18-13-9(14)4-8(17)5-10(13)16/h4-5,18H,3,6H2,1-2H3. The minimum absolute atomic E-state index is 0.340. The molecule has 0 bridgehead atoms. The normalized spacial score (nSPS) is 10.9. The number of rotatable bonds is 4. The van der Waals surface area contributed by atoms with Gasteiger partial charge in [0.05, 0.1) is 33.1 Å². The summed E-state index contributed by atoms with van der Waals surface area (Å²) in [7, 11) is 0. The summed E-state index contributed by atoms with van der Waals surface area (Å²) in [6.07, 6.45) is 0. The number of anilines is 1. The molecule has 0 saturated carbocycles. The average molecular weight is 426 g/mol. The van der Waals surface area contributed by atoms with E-state index in [9.17, 15) is 4.39 Å². The zero-order valence-electron chi connectivity index (χ0n) is 11.0. The lowest BCUT2D eigenvalue weighted by atomic mass is 10.3. The number of hydrogen-bond donors (Lipinski definition) is 1. The molecule has 1 aromatic carbocycles. The molecule has 0 radical (unpaired) electrons. The number of benzene rings is 1. The highest BCUT2D eigenvalue weighted by molar-refractivity contribution is 9.11. The quantitative estimate of drug-likeness (QED) is 0.735. The molecule has 0 amide bonds. The molecule has 2 rings (SSSR count). The van der Waals surface area contributed by atoms with Gasteiger partial charge in [-0.15, -0.1) is 0 Å². The minimum Gasteiger partial charge on any atom is -0.377 e. The van der Waals surface area contributed by atoms with Crippen molar-refractivity contribution in [2.75, 3.05) is 5.32 Å². The Kier molecular flexibility index (Phi) is 5.09. The van der Waals surface area contributed by atoms with E-state index in [0.29, 0.717) is 21.7 Å². The lowest BCUT2D eigenvalue weighted by Crippen LogP contribution is -2.09. The smallest absolute Gasteiger partial charge is 0.125 e. The van der Waals surface area contributed by atoms with E-state index >= 15 is 0 Å². The molecule has 20 heavy (non-hydrogen) atoms. The van der Waals surface area contributed by atoms with Gasteiger partial charge >= 0.3 is 0 Å². The highest BCUT2D eigenvalue weighted by Gasteiger charge is 2.14. The number of halogens is 4. The van der Waals surface area contributed by atoms with Crippen molar-refractivity contribution < 1.29 is 4.39 Å². The van der Waals surface area contributed by atoms with E-state index in [0.717, 1.165) is 22.4 Å². The lowest BCUT2D eigenvalue weighted by Gasteiger charge is -2.12. The second-order valence-corrected chi connectivity index (χ2v) is 6.31. The molecule has 1 aromatic heterocycles. The maximum atomic E-state index is 13.2. The maximum Gasteiger partial charge on any atom is 0.125 e. The van der Waals surface area contributed by atoms with Crippen molar-refractivity contribution in [2.45, 2.75) is 26.9 Å². The first-order valence-corrected chi connectivity index (χ1v) is 8.00. The second kappa shape index (κ2) is 6.45. The second-order valence-electron chi connectivity index (χ2n) is 4.26. The van der Waals surface area contributed by atoms with Gasteiger partial charge in [-0.25, -0.2) is 4.39 Å². The summed E-state index contributed by atoms with van der Waals surface area (Å²) in [5, 5.41) is 7.98. The zero-order valence-corrected chi connectivity index (χ0v) is 14.9. The Bertz CT molecular complexity index is 620. The van der Waals surface area contributed by atoms with Gasteiger partial charge in [-0.2, -0.15) is 5.10 Å². The van der Waals surface area contributed by atoms with Crippen molar-refractivity contribution in [3.63, 3.8) is 0 Å². The van der Waals surface area contributed by atoms with Crippen molar-refractivity contribution >= 4 is 49.1 Å².